The van der Waals surface area contributed by atoms with Gasteiger partial charge < -0.3 is 20.9 Å². The van der Waals surface area contributed by atoms with E-state index in [0.717, 1.165) is 5.56 Å². The first-order chi connectivity index (χ1) is 8.43. The number of methoxy groups -OCH3 is 1. The highest BCUT2D eigenvalue weighted by Gasteiger charge is 2.13. The van der Waals surface area contributed by atoms with Crippen LogP contribution in [-0.4, -0.2) is 25.7 Å². The second kappa shape index (κ2) is 6.47. The van der Waals surface area contributed by atoms with Crippen LogP contribution in [0.2, 0.25) is 5.02 Å². The molecule has 0 aliphatic rings. The lowest BCUT2D eigenvalue weighted by atomic mass is 10.1. The highest BCUT2D eigenvalue weighted by atomic mass is 35.5. The van der Waals surface area contributed by atoms with Crippen LogP contribution in [0.4, 0.5) is 0 Å². The van der Waals surface area contributed by atoms with Gasteiger partial charge in [-0.3, -0.25) is 4.79 Å². The summed E-state index contributed by atoms with van der Waals surface area (Å²) in [5.41, 5.74) is 11.7. The molecule has 0 bridgehead atoms. The number of primary amides is 1. The van der Waals surface area contributed by atoms with Gasteiger partial charge in [-0.25, -0.2) is 0 Å². The Morgan fingerprint density at radius 2 is 2.17 bits per heavy atom. The molecule has 0 fully saturated rings. The molecule has 4 N–H and O–H groups in total. The van der Waals surface area contributed by atoms with Crippen molar-refractivity contribution < 1.29 is 14.3 Å². The molecule has 18 heavy (non-hydrogen) atoms. The Morgan fingerprint density at radius 3 is 2.67 bits per heavy atom. The summed E-state index contributed by atoms with van der Waals surface area (Å²) >= 11 is 6.08. The molecule has 1 amide bonds. The van der Waals surface area contributed by atoms with Gasteiger partial charge in [-0.1, -0.05) is 11.6 Å². The summed E-state index contributed by atoms with van der Waals surface area (Å²) in [6, 6.07) is 3.54. The van der Waals surface area contributed by atoms with Crippen molar-refractivity contribution in [3.05, 3.63) is 22.7 Å². The van der Waals surface area contributed by atoms with Crippen LogP contribution in [0.5, 0.6) is 11.5 Å². The Morgan fingerprint density at radius 1 is 1.50 bits per heavy atom. The molecular formula is C12H17ClN2O3. The topological polar surface area (TPSA) is 87.6 Å². The van der Waals surface area contributed by atoms with E-state index in [-0.39, 0.29) is 12.6 Å². The largest absolute Gasteiger partial charge is 0.493 e. The van der Waals surface area contributed by atoms with Crippen LogP contribution in [0.3, 0.4) is 0 Å². The maximum absolute atomic E-state index is 10.7. The number of rotatable bonds is 6. The molecule has 0 radical (unpaired) electrons. The van der Waals surface area contributed by atoms with Crippen molar-refractivity contribution in [1.82, 2.24) is 0 Å². The minimum Gasteiger partial charge on any atom is -0.493 e. The van der Waals surface area contributed by atoms with Crippen LogP contribution in [0.1, 0.15) is 12.5 Å². The lowest BCUT2D eigenvalue weighted by Gasteiger charge is -2.14. The fraction of sp³-hybridized carbons (Fsp3) is 0.417. The minimum absolute atomic E-state index is 0.0168. The highest BCUT2D eigenvalue weighted by molar-refractivity contribution is 6.32. The third kappa shape index (κ3) is 4.09. The van der Waals surface area contributed by atoms with Crippen molar-refractivity contribution in [2.75, 3.05) is 13.7 Å². The van der Waals surface area contributed by atoms with Crippen molar-refractivity contribution in [2.45, 2.75) is 19.4 Å². The molecule has 1 aromatic rings. The molecule has 1 rings (SSSR count). The standard InChI is InChI=1S/C12H17ClN2O3/c1-7(14)3-8-4-9(13)12(10(5-8)17-2)18-6-11(15)16/h4-5,7H,3,6,14H2,1-2H3,(H2,15,16). The van der Waals surface area contributed by atoms with Gasteiger partial charge in [0.25, 0.3) is 5.91 Å². The SMILES string of the molecule is COc1cc(CC(C)N)cc(Cl)c1OCC(N)=O. The molecule has 0 aliphatic carbocycles. The quantitative estimate of drug-likeness (QED) is 0.812. The fourth-order valence-corrected chi connectivity index (χ4v) is 1.83. The van der Waals surface area contributed by atoms with E-state index in [1.165, 1.54) is 7.11 Å². The van der Waals surface area contributed by atoms with E-state index in [1.54, 1.807) is 12.1 Å². The lowest BCUT2D eigenvalue weighted by molar-refractivity contribution is -0.119. The first-order valence-corrected chi connectivity index (χ1v) is 5.85. The summed E-state index contributed by atoms with van der Waals surface area (Å²) in [5, 5.41) is 0.367. The van der Waals surface area contributed by atoms with Crippen LogP contribution in [0.15, 0.2) is 12.1 Å². The van der Waals surface area contributed by atoms with Gasteiger partial charge in [-0.05, 0) is 31.0 Å². The van der Waals surface area contributed by atoms with Gasteiger partial charge in [0.05, 0.1) is 12.1 Å². The molecule has 1 aromatic carbocycles. The van der Waals surface area contributed by atoms with Crippen molar-refractivity contribution in [3.63, 3.8) is 0 Å². The minimum atomic E-state index is -0.576. The molecule has 0 aliphatic heterocycles. The smallest absolute Gasteiger partial charge is 0.255 e. The number of amides is 1. The van der Waals surface area contributed by atoms with Crippen LogP contribution >= 0.6 is 11.6 Å². The van der Waals surface area contributed by atoms with E-state index in [2.05, 4.69) is 0 Å². The molecule has 0 saturated carbocycles. The van der Waals surface area contributed by atoms with E-state index in [4.69, 9.17) is 32.5 Å². The van der Waals surface area contributed by atoms with Crippen molar-refractivity contribution in [2.24, 2.45) is 11.5 Å². The molecule has 1 atom stereocenters. The van der Waals surface area contributed by atoms with Crippen molar-refractivity contribution >= 4 is 17.5 Å². The predicted molar refractivity (Wildman–Crippen MR) is 70.0 cm³/mol. The summed E-state index contributed by atoms with van der Waals surface area (Å²) < 4.78 is 10.4. The van der Waals surface area contributed by atoms with Gasteiger partial charge in [0.2, 0.25) is 0 Å². The summed E-state index contributed by atoms with van der Waals surface area (Å²) in [4.78, 5) is 10.7. The highest BCUT2D eigenvalue weighted by Crippen LogP contribution is 2.36. The van der Waals surface area contributed by atoms with Crippen molar-refractivity contribution in [1.29, 1.82) is 0 Å². The molecule has 0 heterocycles. The Bertz CT molecular complexity index is 436. The lowest BCUT2D eigenvalue weighted by Crippen LogP contribution is -2.20. The molecular weight excluding hydrogens is 256 g/mol. The maximum atomic E-state index is 10.7. The number of carbonyl (C=O) groups excluding carboxylic acids is 1. The van der Waals surface area contributed by atoms with Crippen molar-refractivity contribution in [3.8, 4) is 11.5 Å². The number of halogens is 1. The summed E-state index contributed by atoms with van der Waals surface area (Å²) in [7, 11) is 1.50. The van der Waals surface area contributed by atoms with Gasteiger partial charge in [-0.15, -0.1) is 0 Å². The average Bonchev–Trinajstić information content (AvgIpc) is 2.25. The van der Waals surface area contributed by atoms with Gasteiger partial charge in [-0.2, -0.15) is 0 Å². The van der Waals surface area contributed by atoms with E-state index >= 15 is 0 Å². The zero-order chi connectivity index (χ0) is 13.7. The molecule has 0 aromatic heterocycles. The summed E-state index contributed by atoms with van der Waals surface area (Å²) in [6.45, 7) is 1.65. The number of hydrogen-bond acceptors (Lipinski definition) is 4. The second-order valence-electron chi connectivity index (χ2n) is 4.05. The van der Waals surface area contributed by atoms with Gasteiger partial charge in [0.15, 0.2) is 18.1 Å². The van der Waals surface area contributed by atoms with Crippen LogP contribution in [0.25, 0.3) is 0 Å². The third-order valence-electron chi connectivity index (χ3n) is 2.21. The molecule has 1 unspecified atom stereocenters. The zero-order valence-corrected chi connectivity index (χ0v) is 11.2. The maximum Gasteiger partial charge on any atom is 0.255 e. The third-order valence-corrected chi connectivity index (χ3v) is 2.49. The van der Waals surface area contributed by atoms with Crippen LogP contribution in [-0.2, 0) is 11.2 Å². The zero-order valence-electron chi connectivity index (χ0n) is 10.4. The molecule has 6 heteroatoms. The Labute approximate surface area is 111 Å². The number of nitrogens with two attached hydrogens (primary N) is 2. The van der Waals surface area contributed by atoms with E-state index in [9.17, 15) is 4.79 Å². The van der Waals surface area contributed by atoms with Crippen LogP contribution in [0, 0.1) is 0 Å². The van der Waals surface area contributed by atoms with Crippen LogP contribution < -0.4 is 20.9 Å². The second-order valence-corrected chi connectivity index (χ2v) is 4.45. The number of benzene rings is 1. The van der Waals surface area contributed by atoms with Gasteiger partial charge >= 0.3 is 0 Å². The van der Waals surface area contributed by atoms with Gasteiger partial charge in [0.1, 0.15) is 0 Å². The average molecular weight is 273 g/mol. The predicted octanol–water partition coefficient (Wildman–Crippen LogP) is 1.10. The molecule has 5 nitrogen and oxygen atoms in total. The van der Waals surface area contributed by atoms with E-state index in [0.29, 0.717) is 22.9 Å². The Balaban J connectivity index is 3.00. The number of carbonyl (C=O) groups is 1. The summed E-state index contributed by atoms with van der Waals surface area (Å²) in [5.74, 6) is 0.193. The molecule has 0 spiro atoms. The monoisotopic (exact) mass is 272 g/mol. The molecule has 100 valence electrons. The van der Waals surface area contributed by atoms with E-state index < -0.39 is 5.91 Å². The number of hydrogen-bond donors (Lipinski definition) is 2. The molecule has 0 saturated heterocycles. The first kappa shape index (κ1) is 14.6. The fourth-order valence-electron chi connectivity index (χ4n) is 1.55. The Hall–Kier alpha value is -1.46. The van der Waals surface area contributed by atoms with Gasteiger partial charge in [0, 0.05) is 6.04 Å². The normalized spacial score (nSPS) is 12.0. The summed E-state index contributed by atoms with van der Waals surface area (Å²) in [6.07, 6.45) is 0.673. The first-order valence-electron chi connectivity index (χ1n) is 5.47. The van der Waals surface area contributed by atoms with E-state index in [1.807, 2.05) is 6.92 Å². The Kier molecular flexibility index (Phi) is 5.25. The number of ether oxygens (including phenoxy) is 2.